The molecule has 9 heteroatoms. The van der Waals surface area contributed by atoms with E-state index in [2.05, 4.69) is 15.5 Å². The first-order chi connectivity index (χ1) is 12.4. The van der Waals surface area contributed by atoms with Crippen molar-refractivity contribution in [2.75, 3.05) is 16.9 Å². The van der Waals surface area contributed by atoms with Gasteiger partial charge in [0.05, 0.1) is 16.5 Å². The highest BCUT2D eigenvalue weighted by Crippen LogP contribution is 2.24. The standard InChI is InChI=1S/C17H15ClFN5OS/c1-10-2-7-14(13(18)8-10)21-15(25)9-26-17-23-22-16(24(17)20)11-3-5-12(19)6-4-11/h2-8H,9,20H2,1H3,(H,21,25). The topological polar surface area (TPSA) is 85.8 Å². The van der Waals surface area contributed by atoms with Crippen LogP contribution in [0.2, 0.25) is 5.02 Å². The maximum absolute atomic E-state index is 13.0. The van der Waals surface area contributed by atoms with Crippen molar-refractivity contribution in [2.45, 2.75) is 12.1 Å². The normalized spacial score (nSPS) is 10.7. The highest BCUT2D eigenvalue weighted by molar-refractivity contribution is 7.99. The Morgan fingerprint density at radius 2 is 2.00 bits per heavy atom. The van der Waals surface area contributed by atoms with Gasteiger partial charge in [-0.15, -0.1) is 10.2 Å². The van der Waals surface area contributed by atoms with Gasteiger partial charge in [0.15, 0.2) is 5.82 Å². The van der Waals surface area contributed by atoms with Crippen LogP contribution in [0.15, 0.2) is 47.6 Å². The van der Waals surface area contributed by atoms with Gasteiger partial charge in [0, 0.05) is 5.56 Å². The minimum Gasteiger partial charge on any atom is -0.335 e. The number of rotatable bonds is 5. The van der Waals surface area contributed by atoms with Crippen LogP contribution in [0, 0.1) is 12.7 Å². The fourth-order valence-corrected chi connectivity index (χ4v) is 3.15. The van der Waals surface area contributed by atoms with Crippen molar-refractivity contribution in [3.63, 3.8) is 0 Å². The fourth-order valence-electron chi connectivity index (χ4n) is 2.21. The number of aromatic nitrogens is 3. The predicted octanol–water partition coefficient (Wildman–Crippen LogP) is 3.49. The number of carbonyl (C=O) groups excluding carboxylic acids is 1. The first kappa shape index (κ1) is 18.2. The van der Waals surface area contributed by atoms with Gasteiger partial charge in [-0.25, -0.2) is 9.07 Å². The first-order valence-corrected chi connectivity index (χ1v) is 8.95. The molecule has 0 bridgehead atoms. The average molecular weight is 392 g/mol. The number of anilines is 1. The zero-order chi connectivity index (χ0) is 18.7. The number of amides is 1. The van der Waals surface area contributed by atoms with Gasteiger partial charge >= 0.3 is 0 Å². The van der Waals surface area contributed by atoms with Crippen molar-refractivity contribution >= 4 is 35.0 Å². The molecule has 1 amide bonds. The van der Waals surface area contributed by atoms with Crippen LogP contribution >= 0.6 is 23.4 Å². The van der Waals surface area contributed by atoms with E-state index in [1.54, 1.807) is 24.3 Å². The molecule has 3 N–H and O–H groups in total. The molecule has 0 aliphatic carbocycles. The SMILES string of the molecule is Cc1ccc(NC(=O)CSc2nnc(-c3ccc(F)cc3)n2N)c(Cl)c1. The van der Waals surface area contributed by atoms with E-state index >= 15 is 0 Å². The lowest BCUT2D eigenvalue weighted by molar-refractivity contribution is -0.113. The predicted molar refractivity (Wildman–Crippen MR) is 101 cm³/mol. The van der Waals surface area contributed by atoms with Crippen molar-refractivity contribution in [1.82, 2.24) is 14.9 Å². The van der Waals surface area contributed by atoms with Gasteiger partial charge in [0.2, 0.25) is 11.1 Å². The minimum atomic E-state index is -0.349. The van der Waals surface area contributed by atoms with Crippen molar-refractivity contribution in [3.8, 4) is 11.4 Å². The maximum atomic E-state index is 13.0. The van der Waals surface area contributed by atoms with Crippen molar-refractivity contribution in [1.29, 1.82) is 0 Å². The van der Waals surface area contributed by atoms with Crippen molar-refractivity contribution in [3.05, 3.63) is 58.9 Å². The molecule has 0 saturated heterocycles. The number of nitrogen functional groups attached to an aromatic ring is 1. The van der Waals surface area contributed by atoms with E-state index in [0.717, 1.165) is 17.3 Å². The summed E-state index contributed by atoms with van der Waals surface area (Å²) < 4.78 is 14.3. The monoisotopic (exact) mass is 391 g/mol. The van der Waals surface area contributed by atoms with Crippen LogP contribution in [0.4, 0.5) is 10.1 Å². The number of nitrogens with zero attached hydrogens (tertiary/aromatic N) is 3. The van der Waals surface area contributed by atoms with E-state index in [1.165, 1.54) is 16.8 Å². The van der Waals surface area contributed by atoms with Crippen LogP contribution in [-0.4, -0.2) is 26.5 Å². The molecule has 0 aliphatic rings. The summed E-state index contributed by atoms with van der Waals surface area (Å²) in [5.74, 6) is 5.85. The summed E-state index contributed by atoms with van der Waals surface area (Å²) in [6.45, 7) is 1.92. The largest absolute Gasteiger partial charge is 0.335 e. The second-order valence-corrected chi connectivity index (χ2v) is 6.85. The molecule has 3 aromatic rings. The Bertz CT molecular complexity index is 945. The molecule has 1 heterocycles. The molecule has 0 spiro atoms. The highest BCUT2D eigenvalue weighted by Gasteiger charge is 2.14. The number of thioether (sulfide) groups is 1. The molecule has 26 heavy (non-hydrogen) atoms. The summed E-state index contributed by atoms with van der Waals surface area (Å²) in [5, 5.41) is 11.6. The van der Waals surface area contributed by atoms with Crippen molar-refractivity contribution in [2.24, 2.45) is 0 Å². The van der Waals surface area contributed by atoms with E-state index in [-0.39, 0.29) is 17.5 Å². The van der Waals surface area contributed by atoms with Gasteiger partial charge in [-0.05, 0) is 48.9 Å². The molecular formula is C17H15ClFN5OS. The van der Waals surface area contributed by atoms with E-state index in [0.29, 0.717) is 27.3 Å². The second-order valence-electron chi connectivity index (χ2n) is 5.50. The third kappa shape index (κ3) is 4.14. The number of hydrogen-bond donors (Lipinski definition) is 2. The smallest absolute Gasteiger partial charge is 0.234 e. The van der Waals surface area contributed by atoms with Gasteiger partial charge in [-0.2, -0.15) is 0 Å². The van der Waals surface area contributed by atoms with Crippen LogP contribution in [0.3, 0.4) is 0 Å². The number of aryl methyl sites for hydroxylation is 1. The minimum absolute atomic E-state index is 0.0863. The summed E-state index contributed by atoms with van der Waals surface area (Å²) in [6.07, 6.45) is 0. The van der Waals surface area contributed by atoms with Gasteiger partial charge in [-0.3, -0.25) is 4.79 Å². The zero-order valence-electron chi connectivity index (χ0n) is 13.7. The third-order valence-electron chi connectivity index (χ3n) is 3.50. The van der Waals surface area contributed by atoms with Gasteiger partial charge in [0.1, 0.15) is 5.82 Å². The molecule has 0 fully saturated rings. The van der Waals surface area contributed by atoms with Crippen LogP contribution in [0.25, 0.3) is 11.4 Å². The summed E-state index contributed by atoms with van der Waals surface area (Å²) in [5.41, 5.74) is 2.18. The van der Waals surface area contributed by atoms with Gasteiger partial charge in [-0.1, -0.05) is 29.4 Å². The lowest BCUT2D eigenvalue weighted by atomic mass is 10.2. The molecule has 134 valence electrons. The molecule has 2 aromatic carbocycles. The maximum Gasteiger partial charge on any atom is 0.234 e. The number of nitrogens with one attached hydrogen (secondary N) is 1. The van der Waals surface area contributed by atoms with E-state index in [9.17, 15) is 9.18 Å². The Balaban J connectivity index is 1.64. The molecule has 0 atom stereocenters. The first-order valence-electron chi connectivity index (χ1n) is 7.59. The summed E-state index contributed by atoms with van der Waals surface area (Å²) in [6, 6.07) is 11.1. The molecule has 6 nitrogen and oxygen atoms in total. The van der Waals surface area contributed by atoms with E-state index in [1.807, 2.05) is 13.0 Å². The Kier molecular flexibility index (Phi) is 5.43. The molecule has 3 rings (SSSR count). The molecule has 0 saturated carbocycles. The second kappa shape index (κ2) is 7.76. The molecule has 0 radical (unpaired) electrons. The quantitative estimate of drug-likeness (QED) is 0.513. The fraction of sp³-hybridized carbons (Fsp3) is 0.118. The van der Waals surface area contributed by atoms with Crippen LogP contribution in [0.1, 0.15) is 5.56 Å². The molecule has 0 aliphatic heterocycles. The number of hydrogen-bond acceptors (Lipinski definition) is 5. The molecule has 0 unspecified atom stereocenters. The van der Waals surface area contributed by atoms with Crippen LogP contribution < -0.4 is 11.2 Å². The van der Waals surface area contributed by atoms with Crippen LogP contribution in [0.5, 0.6) is 0 Å². The summed E-state index contributed by atoms with van der Waals surface area (Å²) in [4.78, 5) is 12.1. The number of carbonyl (C=O) groups is 1. The lowest BCUT2D eigenvalue weighted by Gasteiger charge is -2.08. The Morgan fingerprint density at radius 1 is 1.27 bits per heavy atom. The van der Waals surface area contributed by atoms with E-state index < -0.39 is 0 Å². The van der Waals surface area contributed by atoms with E-state index in [4.69, 9.17) is 17.4 Å². The Hall–Kier alpha value is -2.58. The molecular weight excluding hydrogens is 377 g/mol. The zero-order valence-corrected chi connectivity index (χ0v) is 15.3. The molecule has 1 aromatic heterocycles. The van der Waals surface area contributed by atoms with Gasteiger partial charge < -0.3 is 11.2 Å². The summed E-state index contributed by atoms with van der Waals surface area (Å²) >= 11 is 7.24. The number of nitrogens with two attached hydrogens (primary N) is 1. The van der Waals surface area contributed by atoms with Crippen LogP contribution in [-0.2, 0) is 4.79 Å². The third-order valence-corrected chi connectivity index (χ3v) is 4.75. The van der Waals surface area contributed by atoms with Crippen molar-refractivity contribution < 1.29 is 9.18 Å². The Labute approximate surface area is 158 Å². The lowest BCUT2D eigenvalue weighted by Crippen LogP contribution is -2.16. The number of halogens is 2. The highest BCUT2D eigenvalue weighted by atomic mass is 35.5. The Morgan fingerprint density at radius 3 is 2.69 bits per heavy atom. The summed E-state index contributed by atoms with van der Waals surface area (Å²) in [7, 11) is 0. The van der Waals surface area contributed by atoms with Gasteiger partial charge in [0.25, 0.3) is 0 Å². The number of benzene rings is 2. The average Bonchev–Trinajstić information content (AvgIpc) is 2.97.